The topological polar surface area (TPSA) is 32.3 Å². The van der Waals surface area contributed by atoms with Gasteiger partial charge in [0.25, 0.3) is 0 Å². The van der Waals surface area contributed by atoms with E-state index in [1.807, 2.05) is 35.2 Å². The lowest BCUT2D eigenvalue weighted by molar-refractivity contribution is -0.133. The summed E-state index contributed by atoms with van der Waals surface area (Å²) in [6.07, 6.45) is 0.487. The smallest absolute Gasteiger partial charge is 0.224 e. The van der Waals surface area contributed by atoms with Crippen molar-refractivity contribution in [3.8, 4) is 0 Å². The van der Waals surface area contributed by atoms with E-state index in [2.05, 4.69) is 60.2 Å². The highest BCUT2D eigenvalue weighted by Gasteiger charge is 2.16. The molecule has 0 radical (unpaired) electrons. The molecule has 0 saturated carbocycles. The molecular formula is C20H25BrN2O. The maximum Gasteiger partial charge on any atom is 0.224 e. The molecule has 24 heavy (non-hydrogen) atoms. The van der Waals surface area contributed by atoms with Gasteiger partial charge in [-0.2, -0.15) is 0 Å². The van der Waals surface area contributed by atoms with Crippen LogP contribution in [0.15, 0.2) is 53.0 Å². The van der Waals surface area contributed by atoms with Crippen LogP contribution >= 0.6 is 15.9 Å². The highest BCUT2D eigenvalue weighted by Crippen LogP contribution is 2.20. The maximum absolute atomic E-state index is 12.6. The van der Waals surface area contributed by atoms with E-state index in [0.717, 1.165) is 15.7 Å². The average Bonchev–Trinajstić information content (AvgIpc) is 2.55. The Morgan fingerprint density at radius 2 is 1.88 bits per heavy atom. The van der Waals surface area contributed by atoms with Gasteiger partial charge in [-0.25, -0.2) is 0 Å². The fourth-order valence-electron chi connectivity index (χ4n) is 2.61. The number of anilines is 1. The molecule has 128 valence electrons. The number of halogens is 1. The Bertz CT molecular complexity index is 671. The molecule has 2 rings (SSSR count). The van der Waals surface area contributed by atoms with Gasteiger partial charge in [-0.15, -0.1) is 0 Å². The van der Waals surface area contributed by atoms with Crippen LogP contribution in [0.5, 0.6) is 0 Å². The summed E-state index contributed by atoms with van der Waals surface area (Å²) in [4.78, 5) is 14.5. The molecule has 1 amide bonds. The number of hydrogen-bond donors (Lipinski definition) is 1. The molecule has 4 heteroatoms. The molecule has 0 fully saturated rings. The standard InChI is InChI=1S/C20H25BrN2O/c1-15(2)23(14-17-7-5-4-6-8-17)20(24)11-12-22-19-10-9-18(21)13-16(19)3/h4-10,13,15,22H,11-12,14H2,1-3H3. The van der Waals surface area contributed by atoms with Crippen molar-refractivity contribution < 1.29 is 4.79 Å². The zero-order chi connectivity index (χ0) is 17.5. The molecule has 0 heterocycles. The Balaban J connectivity index is 1.91. The lowest BCUT2D eigenvalue weighted by Crippen LogP contribution is -2.37. The van der Waals surface area contributed by atoms with Crippen molar-refractivity contribution in [2.45, 2.75) is 39.8 Å². The summed E-state index contributed by atoms with van der Waals surface area (Å²) >= 11 is 3.47. The third-order valence-electron chi connectivity index (χ3n) is 3.98. The van der Waals surface area contributed by atoms with Crippen molar-refractivity contribution >= 4 is 27.5 Å². The fraction of sp³-hybridized carbons (Fsp3) is 0.350. The first-order chi connectivity index (χ1) is 11.5. The number of amides is 1. The Hall–Kier alpha value is -1.81. The molecule has 0 bridgehead atoms. The van der Waals surface area contributed by atoms with Crippen LogP contribution in [0.4, 0.5) is 5.69 Å². The Labute approximate surface area is 153 Å². The third kappa shape index (κ3) is 5.38. The van der Waals surface area contributed by atoms with E-state index < -0.39 is 0 Å². The Morgan fingerprint density at radius 1 is 1.17 bits per heavy atom. The van der Waals surface area contributed by atoms with Gasteiger partial charge in [0.2, 0.25) is 5.91 Å². The molecule has 1 N–H and O–H groups in total. The van der Waals surface area contributed by atoms with Crippen molar-refractivity contribution in [3.63, 3.8) is 0 Å². The van der Waals surface area contributed by atoms with E-state index in [4.69, 9.17) is 0 Å². The molecule has 0 unspecified atom stereocenters. The second-order valence-electron chi connectivity index (χ2n) is 6.24. The number of aryl methyl sites for hydroxylation is 1. The molecular weight excluding hydrogens is 364 g/mol. The number of nitrogens with one attached hydrogen (secondary N) is 1. The van der Waals surface area contributed by atoms with Crippen molar-refractivity contribution in [3.05, 3.63) is 64.1 Å². The first-order valence-electron chi connectivity index (χ1n) is 8.31. The average molecular weight is 389 g/mol. The summed E-state index contributed by atoms with van der Waals surface area (Å²) in [5, 5.41) is 3.36. The molecule has 0 aromatic heterocycles. The van der Waals surface area contributed by atoms with Crippen LogP contribution < -0.4 is 5.32 Å². The van der Waals surface area contributed by atoms with E-state index >= 15 is 0 Å². The second kappa shape index (κ2) is 8.88. The number of hydrogen-bond acceptors (Lipinski definition) is 2. The molecule has 0 spiro atoms. The zero-order valence-electron chi connectivity index (χ0n) is 14.6. The second-order valence-corrected chi connectivity index (χ2v) is 7.15. The van der Waals surface area contributed by atoms with Gasteiger partial charge in [0, 0.05) is 35.7 Å². The van der Waals surface area contributed by atoms with Gasteiger partial charge in [0.1, 0.15) is 0 Å². The Morgan fingerprint density at radius 3 is 2.50 bits per heavy atom. The summed E-state index contributed by atoms with van der Waals surface area (Å²) in [5.74, 6) is 0.177. The van der Waals surface area contributed by atoms with E-state index in [1.54, 1.807) is 0 Å². The van der Waals surface area contributed by atoms with Gasteiger partial charge >= 0.3 is 0 Å². The van der Waals surface area contributed by atoms with E-state index in [-0.39, 0.29) is 11.9 Å². The zero-order valence-corrected chi connectivity index (χ0v) is 16.1. The van der Waals surface area contributed by atoms with Crippen LogP contribution in [0.2, 0.25) is 0 Å². The molecule has 0 saturated heterocycles. The minimum atomic E-state index is 0.177. The molecule has 0 atom stereocenters. The summed E-state index contributed by atoms with van der Waals surface area (Å²) in [6, 6.07) is 16.4. The SMILES string of the molecule is Cc1cc(Br)ccc1NCCC(=O)N(Cc1ccccc1)C(C)C. The third-order valence-corrected chi connectivity index (χ3v) is 4.48. The lowest BCUT2D eigenvalue weighted by Gasteiger charge is -2.27. The van der Waals surface area contributed by atoms with Gasteiger partial charge in [-0.1, -0.05) is 46.3 Å². The van der Waals surface area contributed by atoms with Crippen molar-refractivity contribution in [1.82, 2.24) is 4.90 Å². The minimum Gasteiger partial charge on any atom is -0.384 e. The van der Waals surface area contributed by atoms with Crippen LogP contribution in [0.1, 0.15) is 31.4 Å². The van der Waals surface area contributed by atoms with Crippen LogP contribution in [-0.4, -0.2) is 23.4 Å². The van der Waals surface area contributed by atoms with E-state index in [9.17, 15) is 4.79 Å². The molecule has 3 nitrogen and oxygen atoms in total. The molecule has 0 aliphatic heterocycles. The number of rotatable bonds is 7. The van der Waals surface area contributed by atoms with Crippen molar-refractivity contribution in [2.24, 2.45) is 0 Å². The first kappa shape index (κ1) is 18.5. The number of benzene rings is 2. The predicted octanol–water partition coefficient (Wildman–Crippen LogP) is 5.00. The number of carbonyl (C=O) groups excluding carboxylic acids is 1. The highest BCUT2D eigenvalue weighted by atomic mass is 79.9. The van der Waals surface area contributed by atoms with E-state index in [0.29, 0.717) is 19.5 Å². The quantitative estimate of drug-likeness (QED) is 0.723. The van der Waals surface area contributed by atoms with Crippen molar-refractivity contribution in [1.29, 1.82) is 0 Å². The van der Waals surface area contributed by atoms with Crippen LogP contribution in [0.25, 0.3) is 0 Å². The Kier molecular flexibility index (Phi) is 6.85. The minimum absolute atomic E-state index is 0.177. The molecule has 2 aromatic rings. The summed E-state index contributed by atoms with van der Waals surface area (Å²) in [6.45, 7) is 7.49. The molecule has 0 aliphatic rings. The summed E-state index contributed by atoms with van der Waals surface area (Å²) < 4.78 is 1.07. The lowest BCUT2D eigenvalue weighted by atomic mass is 10.1. The van der Waals surface area contributed by atoms with Gasteiger partial charge < -0.3 is 10.2 Å². The first-order valence-corrected chi connectivity index (χ1v) is 9.10. The summed E-state index contributed by atoms with van der Waals surface area (Å²) in [5.41, 5.74) is 3.41. The molecule has 2 aromatic carbocycles. The summed E-state index contributed by atoms with van der Waals surface area (Å²) in [7, 11) is 0. The van der Waals surface area contributed by atoms with Crippen LogP contribution in [-0.2, 0) is 11.3 Å². The highest BCUT2D eigenvalue weighted by molar-refractivity contribution is 9.10. The van der Waals surface area contributed by atoms with Gasteiger partial charge in [-0.3, -0.25) is 4.79 Å². The van der Waals surface area contributed by atoms with Crippen molar-refractivity contribution in [2.75, 3.05) is 11.9 Å². The van der Waals surface area contributed by atoms with Crippen LogP contribution in [0, 0.1) is 6.92 Å². The van der Waals surface area contributed by atoms with Gasteiger partial charge in [-0.05, 0) is 50.1 Å². The fourth-order valence-corrected chi connectivity index (χ4v) is 3.09. The number of nitrogens with zero attached hydrogens (tertiary/aromatic N) is 1. The monoisotopic (exact) mass is 388 g/mol. The van der Waals surface area contributed by atoms with E-state index in [1.165, 1.54) is 5.56 Å². The van der Waals surface area contributed by atoms with Gasteiger partial charge in [0.05, 0.1) is 0 Å². The normalized spacial score (nSPS) is 10.7. The predicted molar refractivity (Wildman–Crippen MR) is 104 cm³/mol. The maximum atomic E-state index is 12.6. The van der Waals surface area contributed by atoms with Crippen LogP contribution in [0.3, 0.4) is 0 Å². The molecule has 0 aliphatic carbocycles. The van der Waals surface area contributed by atoms with Gasteiger partial charge in [0.15, 0.2) is 0 Å². The number of carbonyl (C=O) groups is 1. The largest absolute Gasteiger partial charge is 0.384 e.